The highest BCUT2D eigenvalue weighted by molar-refractivity contribution is 5.82. The minimum absolute atomic E-state index is 0.0706. The van der Waals surface area contributed by atoms with Crippen LogP contribution in [0.15, 0.2) is 42.6 Å². The van der Waals surface area contributed by atoms with Crippen LogP contribution >= 0.6 is 0 Å². The molecule has 1 amide bonds. The zero-order valence-corrected chi connectivity index (χ0v) is 16.0. The topological polar surface area (TPSA) is 77.9 Å². The van der Waals surface area contributed by atoms with Crippen LogP contribution in [0.2, 0.25) is 0 Å². The fourth-order valence-electron chi connectivity index (χ4n) is 3.61. The van der Waals surface area contributed by atoms with Crippen molar-refractivity contribution in [2.24, 2.45) is 0 Å². The lowest BCUT2D eigenvalue weighted by molar-refractivity contribution is -0.121. The summed E-state index contributed by atoms with van der Waals surface area (Å²) in [7, 11) is 0. The van der Waals surface area contributed by atoms with Crippen LogP contribution in [-0.4, -0.2) is 48.6 Å². The minimum Gasteiger partial charge on any atom is -0.454 e. The van der Waals surface area contributed by atoms with Gasteiger partial charge < -0.3 is 29.0 Å². The Hall–Kier alpha value is -3.26. The van der Waals surface area contributed by atoms with Gasteiger partial charge in [-0.25, -0.2) is 4.98 Å². The first-order chi connectivity index (χ1) is 14.3. The summed E-state index contributed by atoms with van der Waals surface area (Å²) < 4.78 is 18.0. The van der Waals surface area contributed by atoms with Crippen LogP contribution in [0.5, 0.6) is 11.5 Å². The van der Waals surface area contributed by atoms with Gasteiger partial charge in [-0.2, -0.15) is 0 Å². The molecule has 0 bridgehead atoms. The number of fused-ring (bicyclic) bond motifs is 2. The van der Waals surface area contributed by atoms with E-state index in [9.17, 15) is 4.79 Å². The molecule has 29 heavy (non-hydrogen) atoms. The summed E-state index contributed by atoms with van der Waals surface area (Å²) >= 11 is 0. The lowest BCUT2D eigenvalue weighted by Gasteiger charge is -2.27. The number of nitrogens with zero attached hydrogens (tertiary/aromatic N) is 3. The first-order valence-corrected chi connectivity index (χ1v) is 9.70. The Bertz CT molecular complexity index is 1040. The standard InChI is InChI=1S/C21H22N4O4/c26-20(22-12-15-1-3-17-18(11-15)29-14-28-17)13-25-6-5-16-2-4-19(23-21(16)25)24-7-9-27-10-8-24/h1-6,11H,7-10,12-14H2,(H,22,26). The third-order valence-electron chi connectivity index (χ3n) is 5.17. The van der Waals surface area contributed by atoms with E-state index < -0.39 is 0 Å². The smallest absolute Gasteiger partial charge is 0.240 e. The van der Waals surface area contributed by atoms with Gasteiger partial charge in [-0.15, -0.1) is 0 Å². The minimum atomic E-state index is -0.0706. The number of hydrogen-bond acceptors (Lipinski definition) is 6. The summed E-state index contributed by atoms with van der Waals surface area (Å²) in [5.41, 5.74) is 1.78. The van der Waals surface area contributed by atoms with Gasteiger partial charge in [-0.1, -0.05) is 6.07 Å². The SMILES string of the molecule is O=C(Cn1ccc2ccc(N3CCOCC3)nc21)NCc1ccc2c(c1)OCO2. The van der Waals surface area contributed by atoms with E-state index in [0.717, 1.165) is 41.3 Å². The Kier molecular flexibility index (Phi) is 4.69. The number of rotatable bonds is 5. The molecular formula is C21H22N4O4. The van der Waals surface area contributed by atoms with Gasteiger partial charge in [0.1, 0.15) is 18.0 Å². The molecule has 8 nitrogen and oxygen atoms in total. The fraction of sp³-hybridized carbons (Fsp3) is 0.333. The van der Waals surface area contributed by atoms with E-state index in [0.29, 0.717) is 25.5 Å². The molecule has 0 unspecified atom stereocenters. The largest absolute Gasteiger partial charge is 0.454 e. The van der Waals surface area contributed by atoms with Crippen molar-refractivity contribution >= 4 is 22.8 Å². The molecule has 150 valence electrons. The van der Waals surface area contributed by atoms with Gasteiger partial charge in [0.2, 0.25) is 12.7 Å². The van der Waals surface area contributed by atoms with Crippen molar-refractivity contribution in [3.63, 3.8) is 0 Å². The maximum Gasteiger partial charge on any atom is 0.240 e. The lowest BCUT2D eigenvalue weighted by atomic mass is 10.2. The second kappa shape index (κ2) is 7.63. The number of pyridine rings is 1. The quantitative estimate of drug-likeness (QED) is 0.712. The van der Waals surface area contributed by atoms with Crippen molar-refractivity contribution in [3.05, 3.63) is 48.2 Å². The summed E-state index contributed by atoms with van der Waals surface area (Å²) in [5.74, 6) is 2.30. The molecule has 1 fully saturated rings. The summed E-state index contributed by atoms with van der Waals surface area (Å²) in [5, 5.41) is 3.98. The number of benzene rings is 1. The van der Waals surface area contributed by atoms with Crippen molar-refractivity contribution in [1.82, 2.24) is 14.9 Å². The van der Waals surface area contributed by atoms with Crippen molar-refractivity contribution in [3.8, 4) is 11.5 Å². The maximum atomic E-state index is 12.5. The molecule has 5 rings (SSSR count). The maximum absolute atomic E-state index is 12.5. The molecule has 2 aliphatic rings. The van der Waals surface area contributed by atoms with E-state index >= 15 is 0 Å². The summed E-state index contributed by atoms with van der Waals surface area (Å²) in [6, 6.07) is 11.7. The Morgan fingerprint density at radius 3 is 2.83 bits per heavy atom. The number of carbonyl (C=O) groups is 1. The van der Waals surface area contributed by atoms with Crippen molar-refractivity contribution in [1.29, 1.82) is 0 Å². The van der Waals surface area contributed by atoms with E-state index in [2.05, 4.69) is 10.2 Å². The molecule has 1 N–H and O–H groups in total. The van der Waals surface area contributed by atoms with Crippen LogP contribution in [0.25, 0.3) is 11.0 Å². The number of ether oxygens (including phenoxy) is 3. The molecule has 0 saturated carbocycles. The van der Waals surface area contributed by atoms with Crippen LogP contribution in [0.1, 0.15) is 5.56 Å². The fourth-order valence-corrected chi connectivity index (χ4v) is 3.61. The predicted octanol–water partition coefficient (Wildman–Crippen LogP) is 1.92. The van der Waals surface area contributed by atoms with Gasteiger partial charge >= 0.3 is 0 Å². The number of hydrogen-bond donors (Lipinski definition) is 1. The third kappa shape index (κ3) is 3.71. The molecule has 8 heteroatoms. The number of aromatic nitrogens is 2. The molecule has 1 saturated heterocycles. The van der Waals surface area contributed by atoms with Crippen LogP contribution < -0.4 is 19.7 Å². The molecule has 0 spiro atoms. The molecule has 4 heterocycles. The summed E-state index contributed by atoms with van der Waals surface area (Å²) in [6.07, 6.45) is 1.90. The van der Waals surface area contributed by atoms with E-state index in [1.54, 1.807) is 0 Å². The molecule has 0 aliphatic carbocycles. The van der Waals surface area contributed by atoms with Crippen LogP contribution in [0.3, 0.4) is 0 Å². The highest BCUT2D eigenvalue weighted by Crippen LogP contribution is 2.32. The summed E-state index contributed by atoms with van der Waals surface area (Å²) in [4.78, 5) is 19.5. The lowest BCUT2D eigenvalue weighted by Crippen LogP contribution is -2.36. The monoisotopic (exact) mass is 394 g/mol. The second-order valence-corrected chi connectivity index (χ2v) is 7.09. The van der Waals surface area contributed by atoms with E-state index in [4.69, 9.17) is 19.2 Å². The molecule has 0 radical (unpaired) electrons. The van der Waals surface area contributed by atoms with Gasteiger partial charge in [-0.3, -0.25) is 4.79 Å². The predicted molar refractivity (Wildman–Crippen MR) is 107 cm³/mol. The van der Waals surface area contributed by atoms with Gasteiger partial charge in [0.05, 0.1) is 13.2 Å². The van der Waals surface area contributed by atoms with E-state index in [1.807, 2.05) is 47.2 Å². The second-order valence-electron chi connectivity index (χ2n) is 7.09. The third-order valence-corrected chi connectivity index (χ3v) is 5.17. The molecule has 0 atom stereocenters. The van der Waals surface area contributed by atoms with E-state index in [1.165, 1.54) is 0 Å². The number of nitrogens with one attached hydrogen (secondary N) is 1. The summed E-state index contributed by atoms with van der Waals surface area (Å²) in [6.45, 7) is 3.97. The van der Waals surface area contributed by atoms with Crippen LogP contribution in [0.4, 0.5) is 5.82 Å². The first-order valence-electron chi connectivity index (χ1n) is 9.70. The molecule has 3 aromatic rings. The van der Waals surface area contributed by atoms with Crippen molar-refractivity contribution in [2.45, 2.75) is 13.1 Å². The highest BCUT2D eigenvalue weighted by atomic mass is 16.7. The Labute approximate surface area is 168 Å². The van der Waals surface area contributed by atoms with Crippen LogP contribution in [0, 0.1) is 0 Å². The zero-order valence-electron chi connectivity index (χ0n) is 16.0. The number of carbonyl (C=O) groups excluding carboxylic acids is 1. The van der Waals surface area contributed by atoms with Gasteiger partial charge in [0, 0.05) is 31.2 Å². The zero-order chi connectivity index (χ0) is 19.6. The van der Waals surface area contributed by atoms with Gasteiger partial charge in [0.15, 0.2) is 11.5 Å². The molecule has 2 aromatic heterocycles. The van der Waals surface area contributed by atoms with E-state index in [-0.39, 0.29) is 19.2 Å². The molecular weight excluding hydrogens is 372 g/mol. The Balaban J connectivity index is 1.26. The van der Waals surface area contributed by atoms with Crippen molar-refractivity contribution < 1.29 is 19.0 Å². The van der Waals surface area contributed by atoms with Gasteiger partial charge in [0.25, 0.3) is 0 Å². The number of morpholine rings is 1. The normalized spacial score (nSPS) is 15.7. The number of amides is 1. The molecule has 2 aliphatic heterocycles. The van der Waals surface area contributed by atoms with Gasteiger partial charge in [-0.05, 0) is 35.9 Å². The Morgan fingerprint density at radius 1 is 1.07 bits per heavy atom. The molecule has 1 aromatic carbocycles. The van der Waals surface area contributed by atoms with Crippen LogP contribution in [-0.2, 0) is 22.6 Å². The first kappa shape index (κ1) is 17.8. The Morgan fingerprint density at radius 2 is 1.93 bits per heavy atom. The number of anilines is 1. The highest BCUT2D eigenvalue weighted by Gasteiger charge is 2.16. The van der Waals surface area contributed by atoms with Crippen molar-refractivity contribution in [2.75, 3.05) is 38.0 Å². The average Bonchev–Trinajstić information content (AvgIpc) is 3.39. The average molecular weight is 394 g/mol.